The summed E-state index contributed by atoms with van der Waals surface area (Å²) >= 11 is 0. The van der Waals surface area contributed by atoms with Gasteiger partial charge < -0.3 is 10.2 Å². The van der Waals surface area contributed by atoms with Crippen LogP contribution in [0, 0.1) is 5.41 Å². The number of nitrogens with one attached hydrogen (secondary N) is 1. The van der Waals surface area contributed by atoms with Gasteiger partial charge in [0.25, 0.3) is 26.1 Å². The molecule has 0 bridgehead atoms. The maximum Gasteiger partial charge on any atom is 0.294 e. The Morgan fingerprint density at radius 1 is 0.894 bits per heavy atom. The maximum absolute atomic E-state index is 12.9. The van der Waals surface area contributed by atoms with E-state index in [1.165, 1.54) is 4.79 Å². The number of amides is 1. The van der Waals surface area contributed by atoms with Crippen LogP contribution < -0.4 is 10.2 Å². The van der Waals surface area contributed by atoms with Gasteiger partial charge in [-0.3, -0.25) is 13.9 Å². The van der Waals surface area contributed by atoms with Gasteiger partial charge in [-0.15, -0.1) is 9.89 Å². The van der Waals surface area contributed by atoms with E-state index in [2.05, 4.69) is 29.2 Å². The average molecular weight is 680 g/mol. The molecular formula is C31H33N7O7S2. The number of aliphatic imine (C=N–C) groups is 1. The first-order valence-electron chi connectivity index (χ1n) is 14.5. The van der Waals surface area contributed by atoms with Crippen LogP contribution in [0.4, 0.5) is 17.1 Å². The average Bonchev–Trinajstić information content (AvgIpc) is 3.57. The van der Waals surface area contributed by atoms with E-state index in [1.54, 1.807) is 24.3 Å². The van der Waals surface area contributed by atoms with Crippen molar-refractivity contribution >= 4 is 54.6 Å². The molecule has 0 spiro atoms. The number of hydrogen-bond donors (Lipinski definition) is 3. The molecule has 16 heteroatoms. The van der Waals surface area contributed by atoms with Crippen LogP contribution in [0.25, 0.3) is 11.4 Å². The van der Waals surface area contributed by atoms with Gasteiger partial charge in [0.1, 0.15) is 5.71 Å². The number of carbonyl (C=O) groups excluding carboxylic acids is 1. The molecule has 0 atom stereocenters. The summed E-state index contributed by atoms with van der Waals surface area (Å²) in [5.41, 5.74) is 3.30. The SMILES string of the molecule is CCN(CC)c1ccc(/N=C2/C(C(C)(C)C)=Nn3nc(-c4ccc(NC(=O)c5cc(S(=O)(=O)O)cc(S(=O)(=O)O)c5)cc4)nc32)cc1. The van der Waals surface area contributed by atoms with Crippen LogP contribution in [-0.4, -0.2) is 71.2 Å². The van der Waals surface area contributed by atoms with Crippen LogP contribution in [0.3, 0.4) is 0 Å². The minimum absolute atomic E-state index is 0.277. The van der Waals surface area contributed by atoms with Gasteiger partial charge in [0.05, 0.1) is 21.2 Å². The first kappa shape index (κ1) is 33.6. The molecule has 3 N–H and O–H groups in total. The van der Waals surface area contributed by atoms with Crippen LogP contribution in [-0.2, 0) is 20.2 Å². The van der Waals surface area contributed by atoms with E-state index >= 15 is 0 Å². The lowest BCUT2D eigenvalue weighted by Gasteiger charge is -2.21. The second-order valence-electron chi connectivity index (χ2n) is 11.7. The summed E-state index contributed by atoms with van der Waals surface area (Å²) in [4.78, 5) is 24.5. The molecule has 1 aliphatic heterocycles. The van der Waals surface area contributed by atoms with Gasteiger partial charge in [0.15, 0.2) is 5.82 Å². The number of benzene rings is 3. The highest BCUT2D eigenvalue weighted by Crippen LogP contribution is 2.30. The van der Waals surface area contributed by atoms with Crippen molar-refractivity contribution in [3.8, 4) is 11.4 Å². The number of anilines is 2. The Morgan fingerprint density at radius 3 is 1.98 bits per heavy atom. The van der Waals surface area contributed by atoms with Crippen LogP contribution >= 0.6 is 0 Å². The number of aromatic nitrogens is 3. The molecule has 0 radical (unpaired) electrons. The molecule has 2 heterocycles. The van der Waals surface area contributed by atoms with Crippen molar-refractivity contribution in [3.05, 3.63) is 78.1 Å². The van der Waals surface area contributed by atoms with Crippen molar-refractivity contribution in [1.29, 1.82) is 0 Å². The van der Waals surface area contributed by atoms with Crippen LogP contribution in [0.1, 0.15) is 50.8 Å². The van der Waals surface area contributed by atoms with E-state index in [9.17, 15) is 30.7 Å². The molecule has 1 aromatic heterocycles. The number of fused-ring (bicyclic) bond motifs is 1. The Kier molecular flexibility index (Phi) is 8.89. The Balaban J connectivity index is 1.41. The molecule has 0 aliphatic carbocycles. The Labute approximate surface area is 272 Å². The molecule has 0 fully saturated rings. The predicted octanol–water partition coefficient (Wildman–Crippen LogP) is 4.92. The lowest BCUT2D eigenvalue weighted by molar-refractivity contribution is 0.102. The molecule has 5 rings (SSSR count). The van der Waals surface area contributed by atoms with E-state index in [0.717, 1.165) is 42.3 Å². The summed E-state index contributed by atoms with van der Waals surface area (Å²) in [7, 11) is -9.76. The molecule has 246 valence electrons. The van der Waals surface area contributed by atoms with Gasteiger partial charge in [0, 0.05) is 41.0 Å². The maximum atomic E-state index is 12.9. The predicted molar refractivity (Wildman–Crippen MR) is 178 cm³/mol. The number of rotatable bonds is 9. The van der Waals surface area contributed by atoms with Crippen molar-refractivity contribution in [2.75, 3.05) is 23.3 Å². The standard InChI is InChI=1S/C31H33N7O7S2/c1-6-37(7-2)23-14-12-21(13-15-23)32-26-27(31(3,4)5)35-38-29(26)34-28(36-38)19-8-10-22(11-9-19)33-30(39)20-16-24(46(40,41)42)18-25(17-20)47(43,44)45/h8-18H,6-7H2,1-5H3,(H,33,39)(H,40,41,42)(H,43,44,45)/b32-26-. The molecule has 14 nitrogen and oxygen atoms in total. The van der Waals surface area contributed by atoms with E-state index in [-0.39, 0.29) is 11.1 Å². The lowest BCUT2D eigenvalue weighted by atomic mass is 9.87. The molecule has 0 unspecified atom stereocenters. The molecule has 4 aromatic rings. The number of carbonyl (C=O) groups is 1. The second-order valence-corrected chi connectivity index (χ2v) is 14.5. The molecule has 0 saturated carbocycles. The molecular weight excluding hydrogens is 647 g/mol. The second kappa shape index (κ2) is 12.4. The van der Waals surface area contributed by atoms with E-state index < -0.39 is 41.5 Å². The van der Waals surface area contributed by atoms with Crippen LogP contribution in [0.5, 0.6) is 0 Å². The third kappa shape index (κ3) is 7.30. The molecule has 0 saturated heterocycles. The fraction of sp³-hybridized carbons (Fsp3) is 0.258. The van der Waals surface area contributed by atoms with Gasteiger partial charge in [-0.05, 0) is 80.6 Å². The largest absolute Gasteiger partial charge is 0.372 e. The third-order valence-corrected chi connectivity index (χ3v) is 8.95. The zero-order valence-corrected chi connectivity index (χ0v) is 27.8. The molecule has 47 heavy (non-hydrogen) atoms. The lowest BCUT2D eigenvalue weighted by Crippen LogP contribution is -2.27. The number of hydrogen-bond acceptors (Lipinski definition) is 10. The minimum Gasteiger partial charge on any atom is -0.372 e. The summed E-state index contributed by atoms with van der Waals surface area (Å²) in [6.45, 7) is 12.1. The Morgan fingerprint density at radius 2 is 1.47 bits per heavy atom. The van der Waals surface area contributed by atoms with Gasteiger partial charge in [-0.2, -0.15) is 21.9 Å². The number of nitrogens with zero attached hydrogens (tertiary/aromatic N) is 6. The zero-order valence-electron chi connectivity index (χ0n) is 26.2. The van der Waals surface area contributed by atoms with Crippen LogP contribution in [0.2, 0.25) is 0 Å². The topological polar surface area (TPSA) is 197 Å². The third-order valence-electron chi connectivity index (χ3n) is 7.29. The Bertz CT molecular complexity index is 2080. The highest BCUT2D eigenvalue weighted by molar-refractivity contribution is 7.86. The van der Waals surface area contributed by atoms with Crippen molar-refractivity contribution in [1.82, 2.24) is 14.9 Å². The summed E-state index contributed by atoms with van der Waals surface area (Å²) in [5.74, 6) is -0.0523. The smallest absolute Gasteiger partial charge is 0.294 e. The van der Waals surface area contributed by atoms with Crippen molar-refractivity contribution in [2.24, 2.45) is 15.5 Å². The normalized spacial score (nSPS) is 14.2. The van der Waals surface area contributed by atoms with E-state index in [0.29, 0.717) is 29.0 Å². The van der Waals surface area contributed by atoms with E-state index in [4.69, 9.17) is 15.1 Å². The monoisotopic (exact) mass is 679 g/mol. The molecule has 1 aliphatic rings. The van der Waals surface area contributed by atoms with Crippen LogP contribution in [0.15, 0.2) is 86.6 Å². The molecule has 3 aromatic carbocycles. The van der Waals surface area contributed by atoms with Gasteiger partial charge in [-0.1, -0.05) is 20.8 Å². The van der Waals surface area contributed by atoms with Gasteiger partial charge >= 0.3 is 0 Å². The highest BCUT2D eigenvalue weighted by Gasteiger charge is 2.35. The summed E-state index contributed by atoms with van der Waals surface area (Å²) in [6, 6.07) is 16.5. The highest BCUT2D eigenvalue weighted by atomic mass is 32.2. The van der Waals surface area contributed by atoms with Gasteiger partial charge in [0.2, 0.25) is 5.82 Å². The zero-order chi connectivity index (χ0) is 34.3. The first-order chi connectivity index (χ1) is 22.0. The fourth-order valence-electron chi connectivity index (χ4n) is 4.86. The summed E-state index contributed by atoms with van der Waals surface area (Å²) < 4.78 is 65.2. The minimum atomic E-state index is -4.88. The Hall–Kier alpha value is -4.77. The first-order valence-corrected chi connectivity index (χ1v) is 17.4. The summed E-state index contributed by atoms with van der Waals surface area (Å²) in [5, 5.41) is 11.8. The quantitative estimate of drug-likeness (QED) is 0.204. The van der Waals surface area contributed by atoms with Crippen molar-refractivity contribution in [2.45, 2.75) is 44.4 Å². The van der Waals surface area contributed by atoms with Crippen molar-refractivity contribution in [3.63, 3.8) is 0 Å². The van der Waals surface area contributed by atoms with E-state index in [1.807, 2.05) is 45.0 Å². The summed E-state index contributed by atoms with van der Waals surface area (Å²) in [6.07, 6.45) is 0. The fourth-order valence-corrected chi connectivity index (χ4v) is 6.04. The van der Waals surface area contributed by atoms with Gasteiger partial charge in [-0.25, -0.2) is 9.98 Å². The molecule has 1 amide bonds. The van der Waals surface area contributed by atoms with Crippen molar-refractivity contribution < 1.29 is 30.7 Å².